The molecule has 1 aromatic carbocycles. The Labute approximate surface area is 128 Å². The third-order valence-corrected chi connectivity index (χ3v) is 3.44. The van der Waals surface area contributed by atoms with Gasteiger partial charge in [-0.2, -0.15) is 13.8 Å². The molecular formula is C12H13F2N5O2S. The highest BCUT2D eigenvalue weighted by Crippen LogP contribution is 2.22. The van der Waals surface area contributed by atoms with E-state index in [9.17, 15) is 13.6 Å². The van der Waals surface area contributed by atoms with Crippen molar-refractivity contribution >= 4 is 29.3 Å². The summed E-state index contributed by atoms with van der Waals surface area (Å²) >= 11 is 1.13. The zero-order valence-corrected chi connectivity index (χ0v) is 12.2. The number of nitrogen functional groups attached to an aromatic ring is 1. The monoisotopic (exact) mass is 329 g/mol. The molecule has 0 unspecified atom stereocenters. The number of rotatable bonds is 6. The maximum atomic E-state index is 12.0. The molecule has 118 valence electrons. The molecule has 1 amide bonds. The van der Waals surface area contributed by atoms with Crippen molar-refractivity contribution in [1.29, 1.82) is 0 Å². The summed E-state index contributed by atoms with van der Waals surface area (Å²) in [4.78, 5) is 15.9. The number of carbonyl (C=O) groups excluding carboxylic acids is 1. The highest BCUT2D eigenvalue weighted by molar-refractivity contribution is 8.00. The molecule has 1 heterocycles. The summed E-state index contributed by atoms with van der Waals surface area (Å²) < 4.78 is 28.3. The smallest absolute Gasteiger partial charge is 0.387 e. The Morgan fingerprint density at radius 2 is 2.09 bits per heavy atom. The van der Waals surface area contributed by atoms with Gasteiger partial charge in [0.1, 0.15) is 5.75 Å². The predicted octanol–water partition coefficient (Wildman–Crippen LogP) is 2.11. The van der Waals surface area contributed by atoms with Crippen LogP contribution in [0.4, 0.5) is 20.4 Å². The Balaban J connectivity index is 1.90. The number of H-pyrrole nitrogens is 1. The molecule has 0 saturated carbocycles. The van der Waals surface area contributed by atoms with E-state index in [0.717, 1.165) is 11.8 Å². The van der Waals surface area contributed by atoms with E-state index in [1.54, 1.807) is 6.92 Å². The summed E-state index contributed by atoms with van der Waals surface area (Å²) in [7, 11) is 0. The summed E-state index contributed by atoms with van der Waals surface area (Å²) in [5, 5.41) is 8.84. The Kier molecular flexibility index (Phi) is 5.15. The second kappa shape index (κ2) is 7.07. The minimum atomic E-state index is -2.88. The van der Waals surface area contributed by atoms with Crippen molar-refractivity contribution in [3.05, 3.63) is 24.3 Å². The maximum Gasteiger partial charge on any atom is 0.387 e. The number of anilines is 2. The van der Waals surface area contributed by atoms with Crippen LogP contribution in [0.5, 0.6) is 5.75 Å². The Morgan fingerprint density at radius 3 is 2.64 bits per heavy atom. The van der Waals surface area contributed by atoms with E-state index >= 15 is 0 Å². The molecule has 2 aromatic rings. The van der Waals surface area contributed by atoms with Gasteiger partial charge in [0.2, 0.25) is 17.0 Å². The quantitative estimate of drug-likeness (QED) is 0.701. The molecule has 0 fully saturated rings. The Bertz CT molecular complexity index is 635. The minimum absolute atomic E-state index is 0.0200. The highest BCUT2D eigenvalue weighted by atomic mass is 32.2. The predicted molar refractivity (Wildman–Crippen MR) is 77.8 cm³/mol. The van der Waals surface area contributed by atoms with Crippen LogP contribution >= 0.6 is 11.8 Å². The molecule has 1 aromatic heterocycles. The minimum Gasteiger partial charge on any atom is -0.435 e. The third kappa shape index (κ3) is 4.58. The van der Waals surface area contributed by atoms with Crippen LogP contribution in [0, 0.1) is 0 Å². The van der Waals surface area contributed by atoms with Gasteiger partial charge in [0.25, 0.3) is 0 Å². The first-order chi connectivity index (χ1) is 10.4. The van der Waals surface area contributed by atoms with Crippen LogP contribution < -0.4 is 15.8 Å². The topological polar surface area (TPSA) is 106 Å². The van der Waals surface area contributed by atoms with Gasteiger partial charge in [-0.15, -0.1) is 5.10 Å². The van der Waals surface area contributed by atoms with Crippen molar-refractivity contribution in [1.82, 2.24) is 15.2 Å². The van der Waals surface area contributed by atoms with Crippen LogP contribution in [0.15, 0.2) is 29.4 Å². The lowest BCUT2D eigenvalue weighted by atomic mass is 10.3. The normalized spacial score (nSPS) is 12.2. The van der Waals surface area contributed by atoms with Gasteiger partial charge in [-0.1, -0.05) is 11.8 Å². The molecule has 0 saturated heterocycles. The second-order valence-electron chi connectivity index (χ2n) is 4.16. The molecule has 22 heavy (non-hydrogen) atoms. The molecule has 4 N–H and O–H groups in total. The van der Waals surface area contributed by atoms with E-state index < -0.39 is 11.9 Å². The number of aromatic amines is 1. The number of nitrogens with zero attached hydrogens (tertiary/aromatic N) is 2. The van der Waals surface area contributed by atoms with Crippen molar-refractivity contribution in [2.45, 2.75) is 23.9 Å². The highest BCUT2D eigenvalue weighted by Gasteiger charge is 2.17. The van der Waals surface area contributed by atoms with Gasteiger partial charge in [0.05, 0.1) is 5.25 Å². The summed E-state index contributed by atoms with van der Waals surface area (Å²) in [6, 6.07) is 5.63. The van der Waals surface area contributed by atoms with E-state index in [1.807, 2.05) is 0 Å². The largest absolute Gasteiger partial charge is 0.435 e. The van der Waals surface area contributed by atoms with Crippen LogP contribution in [-0.2, 0) is 4.79 Å². The van der Waals surface area contributed by atoms with Crippen molar-refractivity contribution < 1.29 is 18.3 Å². The molecule has 0 spiro atoms. The number of thioether (sulfide) groups is 1. The van der Waals surface area contributed by atoms with Gasteiger partial charge in [-0.3, -0.25) is 4.79 Å². The van der Waals surface area contributed by atoms with Crippen molar-refractivity contribution in [3.63, 3.8) is 0 Å². The first-order valence-corrected chi connectivity index (χ1v) is 7.02. The van der Waals surface area contributed by atoms with E-state index in [1.165, 1.54) is 24.3 Å². The molecular weight excluding hydrogens is 316 g/mol. The number of aromatic nitrogens is 3. The fourth-order valence-corrected chi connectivity index (χ4v) is 2.22. The lowest BCUT2D eigenvalue weighted by molar-refractivity contribution is -0.115. The lowest BCUT2D eigenvalue weighted by Gasteiger charge is -2.11. The van der Waals surface area contributed by atoms with Gasteiger partial charge < -0.3 is 15.8 Å². The molecule has 1 atom stereocenters. The number of nitrogens with one attached hydrogen (secondary N) is 2. The van der Waals surface area contributed by atoms with E-state index in [2.05, 4.69) is 25.2 Å². The van der Waals surface area contributed by atoms with Crippen molar-refractivity contribution in [2.24, 2.45) is 0 Å². The fourth-order valence-electron chi connectivity index (χ4n) is 1.49. The molecule has 7 nitrogen and oxygen atoms in total. The van der Waals surface area contributed by atoms with Gasteiger partial charge in [0.15, 0.2) is 0 Å². The number of ether oxygens (including phenoxy) is 1. The summed E-state index contributed by atoms with van der Waals surface area (Å²) in [6.45, 7) is -1.20. The molecule has 0 aliphatic rings. The van der Waals surface area contributed by atoms with Gasteiger partial charge in [-0.25, -0.2) is 5.10 Å². The third-order valence-electron chi connectivity index (χ3n) is 2.48. The van der Waals surface area contributed by atoms with E-state index in [-0.39, 0.29) is 17.6 Å². The molecule has 2 rings (SSSR count). The van der Waals surface area contributed by atoms with Crippen LogP contribution in [0.1, 0.15) is 6.92 Å². The Hall–Kier alpha value is -2.36. The zero-order valence-electron chi connectivity index (χ0n) is 11.4. The second-order valence-corrected chi connectivity index (χ2v) is 5.46. The van der Waals surface area contributed by atoms with Crippen LogP contribution in [0.25, 0.3) is 0 Å². The van der Waals surface area contributed by atoms with E-state index in [0.29, 0.717) is 10.8 Å². The first kappa shape index (κ1) is 16.0. The van der Waals surface area contributed by atoms with E-state index in [4.69, 9.17) is 5.73 Å². The number of nitrogens with two attached hydrogens (primary N) is 1. The van der Waals surface area contributed by atoms with Gasteiger partial charge >= 0.3 is 6.61 Å². The average molecular weight is 329 g/mol. The van der Waals surface area contributed by atoms with Crippen LogP contribution in [0.3, 0.4) is 0 Å². The number of carbonyl (C=O) groups is 1. The first-order valence-electron chi connectivity index (χ1n) is 6.14. The molecule has 0 aliphatic carbocycles. The number of hydrogen-bond donors (Lipinski definition) is 3. The molecule has 10 heteroatoms. The maximum absolute atomic E-state index is 12.0. The number of alkyl halides is 2. The van der Waals surface area contributed by atoms with Crippen LogP contribution in [0.2, 0.25) is 0 Å². The van der Waals surface area contributed by atoms with Crippen molar-refractivity contribution in [2.75, 3.05) is 11.1 Å². The van der Waals surface area contributed by atoms with Crippen molar-refractivity contribution in [3.8, 4) is 5.75 Å². The number of halogens is 2. The summed E-state index contributed by atoms with van der Waals surface area (Å²) in [5.41, 5.74) is 5.86. The average Bonchev–Trinajstić information content (AvgIpc) is 2.85. The van der Waals surface area contributed by atoms with Gasteiger partial charge in [-0.05, 0) is 31.2 Å². The lowest BCUT2D eigenvalue weighted by Crippen LogP contribution is -2.22. The summed E-state index contributed by atoms with van der Waals surface area (Å²) in [6.07, 6.45) is 0. The number of hydrogen-bond acceptors (Lipinski definition) is 6. The molecule has 0 radical (unpaired) electrons. The fraction of sp³-hybridized carbons (Fsp3) is 0.250. The number of benzene rings is 1. The van der Waals surface area contributed by atoms with Crippen LogP contribution in [-0.4, -0.2) is 32.9 Å². The summed E-state index contributed by atoms with van der Waals surface area (Å²) in [5.74, 6) is -0.0905. The molecule has 0 aliphatic heterocycles. The SMILES string of the molecule is C[C@H](Sc1n[nH]c(N)n1)C(=O)Nc1ccc(OC(F)F)cc1. The molecule has 0 bridgehead atoms. The van der Waals surface area contributed by atoms with Gasteiger partial charge in [0, 0.05) is 5.69 Å². The number of amides is 1. The zero-order chi connectivity index (χ0) is 16.1. The standard InChI is InChI=1S/C12H13F2N5O2S/c1-6(22-12-17-11(15)18-19-12)9(20)16-7-2-4-8(5-3-7)21-10(13)14/h2-6,10H,1H3,(H,16,20)(H3,15,17,18,19)/t6-/m0/s1. The Morgan fingerprint density at radius 1 is 1.41 bits per heavy atom.